The average molecular weight is 293 g/mol. The van der Waals surface area contributed by atoms with Crippen LogP contribution in [0.25, 0.3) is 0 Å². The Morgan fingerprint density at radius 3 is 2.67 bits per heavy atom. The van der Waals surface area contributed by atoms with Gasteiger partial charge in [-0.2, -0.15) is 0 Å². The fourth-order valence-electron chi connectivity index (χ4n) is 3.06. The third-order valence-electron chi connectivity index (χ3n) is 4.37. The van der Waals surface area contributed by atoms with Crippen molar-refractivity contribution in [3.8, 4) is 0 Å². The molecule has 2 heterocycles. The van der Waals surface area contributed by atoms with Gasteiger partial charge in [0.05, 0.1) is 24.9 Å². The van der Waals surface area contributed by atoms with Gasteiger partial charge in [0.1, 0.15) is 0 Å². The largest absolute Gasteiger partial charge is 0.354 e. The fourth-order valence-corrected chi connectivity index (χ4v) is 3.06. The molecule has 0 amide bonds. The Kier molecular flexibility index (Phi) is 4.57. The highest BCUT2D eigenvalue weighted by molar-refractivity contribution is 5.16. The van der Waals surface area contributed by atoms with Gasteiger partial charge in [-0.1, -0.05) is 37.3 Å². The van der Waals surface area contributed by atoms with E-state index in [-0.39, 0.29) is 36.7 Å². The summed E-state index contributed by atoms with van der Waals surface area (Å²) in [6, 6.07) is 9.77. The topological polar surface area (TPSA) is 62.9 Å². The number of ether oxygens (including phenoxy) is 4. The van der Waals surface area contributed by atoms with Crippen molar-refractivity contribution >= 4 is 0 Å². The molecule has 0 spiro atoms. The van der Waals surface area contributed by atoms with Crippen LogP contribution in [-0.2, 0) is 18.9 Å². The SMILES string of the molecule is CO[C@H]1OC2CCOC(c3ccccc3)O[C@H]2C(C)[C@@H]1N. The predicted molar refractivity (Wildman–Crippen MR) is 77.4 cm³/mol. The molecule has 1 aromatic rings. The molecule has 0 aromatic heterocycles. The van der Waals surface area contributed by atoms with E-state index in [9.17, 15) is 0 Å². The molecule has 2 fully saturated rings. The van der Waals surface area contributed by atoms with Crippen LogP contribution in [0.5, 0.6) is 0 Å². The van der Waals surface area contributed by atoms with Crippen LogP contribution in [0.3, 0.4) is 0 Å². The van der Waals surface area contributed by atoms with Gasteiger partial charge in [0, 0.05) is 18.6 Å². The van der Waals surface area contributed by atoms with Crippen LogP contribution in [0.15, 0.2) is 30.3 Å². The molecule has 2 aliphatic heterocycles. The van der Waals surface area contributed by atoms with Crippen LogP contribution in [0.4, 0.5) is 0 Å². The first-order valence-electron chi connectivity index (χ1n) is 7.46. The first kappa shape index (κ1) is 14.9. The summed E-state index contributed by atoms with van der Waals surface area (Å²) in [5, 5.41) is 0. The highest BCUT2D eigenvalue weighted by Gasteiger charge is 2.45. The number of hydrogen-bond donors (Lipinski definition) is 1. The Labute approximate surface area is 125 Å². The lowest BCUT2D eigenvalue weighted by Crippen LogP contribution is -2.58. The summed E-state index contributed by atoms with van der Waals surface area (Å²) in [6.45, 7) is 2.68. The maximum atomic E-state index is 6.20. The molecule has 116 valence electrons. The summed E-state index contributed by atoms with van der Waals surface area (Å²) in [5.41, 5.74) is 7.23. The number of fused-ring (bicyclic) bond motifs is 1. The smallest absolute Gasteiger partial charge is 0.184 e. The Balaban J connectivity index is 1.78. The molecule has 2 saturated heterocycles. The van der Waals surface area contributed by atoms with Gasteiger partial charge < -0.3 is 24.7 Å². The summed E-state index contributed by atoms with van der Waals surface area (Å²) in [6.07, 6.45) is -0.0838. The number of nitrogens with two attached hydrogens (primary N) is 1. The minimum Gasteiger partial charge on any atom is -0.354 e. The van der Waals surface area contributed by atoms with Crippen molar-refractivity contribution in [2.75, 3.05) is 13.7 Å². The van der Waals surface area contributed by atoms with E-state index in [2.05, 4.69) is 6.92 Å². The zero-order valence-electron chi connectivity index (χ0n) is 12.5. The Morgan fingerprint density at radius 2 is 1.95 bits per heavy atom. The summed E-state index contributed by atoms with van der Waals surface area (Å²) in [4.78, 5) is 0. The first-order valence-corrected chi connectivity index (χ1v) is 7.46. The molecular weight excluding hydrogens is 270 g/mol. The van der Waals surface area contributed by atoms with E-state index >= 15 is 0 Å². The van der Waals surface area contributed by atoms with Gasteiger partial charge in [0.25, 0.3) is 0 Å². The van der Waals surface area contributed by atoms with Crippen molar-refractivity contribution in [2.24, 2.45) is 11.7 Å². The Morgan fingerprint density at radius 1 is 1.19 bits per heavy atom. The van der Waals surface area contributed by atoms with Crippen molar-refractivity contribution in [1.82, 2.24) is 0 Å². The summed E-state index contributed by atoms with van der Waals surface area (Å²) in [5.74, 6) is 0.140. The molecule has 0 saturated carbocycles. The van der Waals surface area contributed by atoms with E-state index in [1.54, 1.807) is 7.11 Å². The number of rotatable bonds is 2. The van der Waals surface area contributed by atoms with Gasteiger partial charge in [-0.3, -0.25) is 0 Å². The molecule has 21 heavy (non-hydrogen) atoms. The van der Waals surface area contributed by atoms with Crippen molar-refractivity contribution in [1.29, 1.82) is 0 Å². The van der Waals surface area contributed by atoms with Crippen LogP contribution in [-0.4, -0.2) is 38.3 Å². The zero-order valence-corrected chi connectivity index (χ0v) is 12.5. The third-order valence-corrected chi connectivity index (χ3v) is 4.37. The van der Waals surface area contributed by atoms with Gasteiger partial charge >= 0.3 is 0 Å². The maximum absolute atomic E-state index is 6.20. The monoisotopic (exact) mass is 293 g/mol. The molecule has 5 heteroatoms. The average Bonchev–Trinajstić information content (AvgIpc) is 2.74. The van der Waals surface area contributed by atoms with Gasteiger partial charge in [0.2, 0.25) is 0 Å². The molecule has 6 atom stereocenters. The van der Waals surface area contributed by atoms with E-state index < -0.39 is 0 Å². The molecule has 0 radical (unpaired) electrons. The van der Waals surface area contributed by atoms with Gasteiger partial charge in [-0.05, 0) is 6.42 Å². The Hall–Kier alpha value is -0.980. The van der Waals surface area contributed by atoms with E-state index in [0.717, 1.165) is 12.0 Å². The number of benzene rings is 1. The lowest BCUT2D eigenvalue weighted by molar-refractivity contribution is -0.262. The molecule has 3 rings (SSSR count). The minimum absolute atomic E-state index is 0.0431. The highest BCUT2D eigenvalue weighted by atomic mass is 16.7. The second-order valence-electron chi connectivity index (χ2n) is 5.72. The lowest BCUT2D eigenvalue weighted by atomic mass is 9.88. The van der Waals surface area contributed by atoms with E-state index in [0.29, 0.717) is 6.61 Å². The van der Waals surface area contributed by atoms with Gasteiger partial charge in [0.15, 0.2) is 12.6 Å². The molecule has 3 unspecified atom stereocenters. The van der Waals surface area contributed by atoms with Crippen molar-refractivity contribution < 1.29 is 18.9 Å². The van der Waals surface area contributed by atoms with E-state index in [1.807, 2.05) is 30.3 Å². The molecule has 0 bridgehead atoms. The molecule has 2 aliphatic rings. The highest BCUT2D eigenvalue weighted by Crippen LogP contribution is 2.35. The number of methoxy groups -OCH3 is 1. The van der Waals surface area contributed by atoms with Gasteiger partial charge in [-0.25, -0.2) is 0 Å². The zero-order chi connectivity index (χ0) is 14.8. The molecule has 5 nitrogen and oxygen atoms in total. The molecule has 1 aromatic carbocycles. The van der Waals surface area contributed by atoms with Crippen molar-refractivity contribution in [3.63, 3.8) is 0 Å². The normalized spacial score (nSPS) is 40.3. The summed E-state index contributed by atoms with van der Waals surface area (Å²) >= 11 is 0. The Bertz CT molecular complexity index is 455. The van der Waals surface area contributed by atoms with Crippen LogP contribution in [0.2, 0.25) is 0 Å². The second kappa shape index (κ2) is 6.42. The quantitative estimate of drug-likeness (QED) is 0.901. The maximum Gasteiger partial charge on any atom is 0.184 e. The van der Waals surface area contributed by atoms with E-state index in [1.165, 1.54) is 0 Å². The van der Waals surface area contributed by atoms with Gasteiger partial charge in [-0.15, -0.1) is 0 Å². The van der Waals surface area contributed by atoms with Crippen LogP contribution < -0.4 is 5.73 Å². The summed E-state index contributed by atoms with van der Waals surface area (Å²) < 4.78 is 23.3. The summed E-state index contributed by atoms with van der Waals surface area (Å²) in [7, 11) is 1.62. The second-order valence-corrected chi connectivity index (χ2v) is 5.72. The number of hydrogen-bond acceptors (Lipinski definition) is 5. The van der Waals surface area contributed by atoms with Crippen LogP contribution >= 0.6 is 0 Å². The molecule has 2 N–H and O–H groups in total. The lowest BCUT2D eigenvalue weighted by Gasteiger charge is -2.43. The third kappa shape index (κ3) is 2.98. The standard InChI is InChI=1S/C16H23NO4/c1-10-13(17)16(18-2)20-12-8-9-19-15(21-14(10)12)11-6-4-3-5-7-11/h3-7,10,12-16H,8-9,17H2,1-2H3/t10?,12?,13-,14-,15?,16-/m0/s1. The minimum atomic E-state index is -0.377. The van der Waals surface area contributed by atoms with Crippen molar-refractivity contribution in [2.45, 2.75) is 44.2 Å². The fraction of sp³-hybridized carbons (Fsp3) is 0.625. The molecular formula is C16H23NO4. The van der Waals surface area contributed by atoms with E-state index in [4.69, 9.17) is 24.7 Å². The van der Waals surface area contributed by atoms with Crippen LogP contribution in [0, 0.1) is 5.92 Å². The van der Waals surface area contributed by atoms with Crippen molar-refractivity contribution in [3.05, 3.63) is 35.9 Å². The van der Waals surface area contributed by atoms with Crippen LogP contribution in [0.1, 0.15) is 25.2 Å². The molecule has 0 aliphatic carbocycles. The predicted octanol–water partition coefficient (Wildman–Crippen LogP) is 1.83. The first-order chi connectivity index (χ1) is 10.2.